The minimum absolute atomic E-state index is 0.341. The molecule has 1 atom stereocenters. The molecule has 4 rings (SSSR count). The largest absolute Gasteiger partial charge is 0.237 e. The Bertz CT molecular complexity index is 1060. The lowest BCUT2D eigenvalue weighted by Gasteiger charge is -2.21. The van der Waals surface area contributed by atoms with E-state index in [2.05, 4.69) is 4.98 Å². The van der Waals surface area contributed by atoms with Crippen molar-refractivity contribution < 1.29 is 8.42 Å². The summed E-state index contributed by atoms with van der Waals surface area (Å²) in [6, 6.07) is 13.2. The van der Waals surface area contributed by atoms with Gasteiger partial charge in [0.05, 0.1) is 12.3 Å². The lowest BCUT2D eigenvalue weighted by Crippen LogP contribution is -2.31. The van der Waals surface area contributed by atoms with Crippen LogP contribution in [-0.4, -0.2) is 45.3 Å². The standard InChI is InChI=1S/C19H21N5O2S/c1-14-8-6-12-20-18(14)24-19(16-11-7-13-23(16)27(2,25)26)21-17(22-24)15-9-4-3-5-10-15/h3-6,8-10,12,16H,7,11,13H2,1-2H3. The molecule has 0 N–H and O–H groups in total. The normalized spacial score (nSPS) is 18.1. The van der Waals surface area contributed by atoms with Crippen LogP contribution in [0.3, 0.4) is 0 Å². The Morgan fingerprint density at radius 2 is 1.89 bits per heavy atom. The minimum atomic E-state index is -3.33. The number of aromatic nitrogens is 4. The van der Waals surface area contributed by atoms with Gasteiger partial charge in [0.2, 0.25) is 10.0 Å². The number of aryl methyl sites for hydroxylation is 1. The summed E-state index contributed by atoms with van der Waals surface area (Å²) < 4.78 is 27.7. The molecule has 1 aromatic carbocycles. The van der Waals surface area contributed by atoms with E-state index in [1.807, 2.05) is 49.4 Å². The van der Waals surface area contributed by atoms with Crippen LogP contribution in [0.4, 0.5) is 0 Å². The molecule has 0 saturated carbocycles. The van der Waals surface area contributed by atoms with E-state index >= 15 is 0 Å². The lowest BCUT2D eigenvalue weighted by atomic mass is 10.2. The maximum Gasteiger partial charge on any atom is 0.211 e. The molecular weight excluding hydrogens is 362 g/mol. The Balaban J connectivity index is 1.89. The second-order valence-electron chi connectivity index (χ2n) is 6.75. The first-order valence-electron chi connectivity index (χ1n) is 8.86. The molecule has 7 nitrogen and oxygen atoms in total. The summed E-state index contributed by atoms with van der Waals surface area (Å²) in [6.45, 7) is 2.46. The molecule has 0 bridgehead atoms. The van der Waals surface area contributed by atoms with Crippen molar-refractivity contribution in [1.82, 2.24) is 24.1 Å². The van der Waals surface area contributed by atoms with Gasteiger partial charge in [-0.15, -0.1) is 5.10 Å². The number of pyridine rings is 1. The van der Waals surface area contributed by atoms with Crippen LogP contribution >= 0.6 is 0 Å². The van der Waals surface area contributed by atoms with Gasteiger partial charge in [0.25, 0.3) is 0 Å². The first-order chi connectivity index (χ1) is 12.9. The molecular formula is C19H21N5O2S. The van der Waals surface area contributed by atoms with Gasteiger partial charge >= 0.3 is 0 Å². The number of benzene rings is 1. The van der Waals surface area contributed by atoms with E-state index < -0.39 is 10.0 Å². The fraction of sp³-hybridized carbons (Fsp3) is 0.316. The van der Waals surface area contributed by atoms with Crippen molar-refractivity contribution in [2.24, 2.45) is 0 Å². The number of sulfonamides is 1. The Hall–Kier alpha value is -2.58. The average molecular weight is 383 g/mol. The predicted octanol–water partition coefficient (Wildman–Crippen LogP) is 2.73. The Labute approximate surface area is 158 Å². The molecule has 140 valence electrons. The van der Waals surface area contributed by atoms with Gasteiger partial charge in [-0.2, -0.15) is 8.99 Å². The highest BCUT2D eigenvalue weighted by atomic mass is 32.2. The molecule has 0 spiro atoms. The first-order valence-corrected chi connectivity index (χ1v) is 10.7. The van der Waals surface area contributed by atoms with E-state index in [0.717, 1.165) is 17.5 Å². The molecule has 0 aliphatic carbocycles. The van der Waals surface area contributed by atoms with E-state index in [9.17, 15) is 8.42 Å². The third-order valence-electron chi connectivity index (χ3n) is 4.77. The Kier molecular flexibility index (Phi) is 4.53. The molecule has 1 saturated heterocycles. The number of hydrogen-bond donors (Lipinski definition) is 0. The van der Waals surface area contributed by atoms with Crippen molar-refractivity contribution in [3.63, 3.8) is 0 Å². The molecule has 3 heterocycles. The van der Waals surface area contributed by atoms with Gasteiger partial charge in [0.1, 0.15) is 0 Å². The maximum absolute atomic E-state index is 12.3. The topological polar surface area (TPSA) is 81.0 Å². The summed E-state index contributed by atoms with van der Waals surface area (Å²) in [6.07, 6.45) is 4.47. The van der Waals surface area contributed by atoms with Crippen LogP contribution in [0.25, 0.3) is 17.2 Å². The van der Waals surface area contributed by atoms with E-state index in [0.29, 0.717) is 30.4 Å². The Morgan fingerprint density at radius 3 is 2.59 bits per heavy atom. The smallest absolute Gasteiger partial charge is 0.211 e. The molecule has 3 aromatic rings. The third-order valence-corrected chi connectivity index (χ3v) is 6.06. The van der Waals surface area contributed by atoms with E-state index in [-0.39, 0.29) is 6.04 Å². The zero-order valence-electron chi connectivity index (χ0n) is 15.3. The van der Waals surface area contributed by atoms with Crippen molar-refractivity contribution in [1.29, 1.82) is 0 Å². The average Bonchev–Trinajstić information content (AvgIpc) is 3.29. The summed E-state index contributed by atoms with van der Waals surface area (Å²) in [5.74, 6) is 1.84. The summed E-state index contributed by atoms with van der Waals surface area (Å²) in [4.78, 5) is 9.22. The summed E-state index contributed by atoms with van der Waals surface area (Å²) in [7, 11) is -3.33. The molecule has 2 aromatic heterocycles. The van der Waals surface area contributed by atoms with E-state index in [1.54, 1.807) is 10.9 Å². The summed E-state index contributed by atoms with van der Waals surface area (Å²) in [5.41, 5.74) is 1.84. The number of hydrogen-bond acceptors (Lipinski definition) is 5. The zero-order valence-corrected chi connectivity index (χ0v) is 16.1. The quantitative estimate of drug-likeness (QED) is 0.692. The lowest BCUT2D eigenvalue weighted by molar-refractivity contribution is 0.381. The molecule has 0 amide bonds. The fourth-order valence-corrected chi connectivity index (χ4v) is 4.62. The molecule has 1 aliphatic heterocycles. The number of rotatable bonds is 4. The SMILES string of the molecule is Cc1cccnc1-n1nc(-c2ccccc2)nc1C1CCCN1S(C)(=O)=O. The van der Waals surface area contributed by atoms with E-state index in [4.69, 9.17) is 10.1 Å². The predicted molar refractivity (Wildman–Crippen MR) is 103 cm³/mol. The molecule has 8 heteroatoms. The van der Waals surface area contributed by atoms with Crippen molar-refractivity contribution in [2.45, 2.75) is 25.8 Å². The van der Waals surface area contributed by atoms with Gasteiger partial charge in [-0.05, 0) is 31.4 Å². The van der Waals surface area contributed by atoms with Crippen LogP contribution in [0, 0.1) is 6.92 Å². The second-order valence-corrected chi connectivity index (χ2v) is 8.68. The van der Waals surface area contributed by atoms with Crippen LogP contribution in [0.1, 0.15) is 30.3 Å². The van der Waals surface area contributed by atoms with E-state index in [1.165, 1.54) is 10.6 Å². The zero-order chi connectivity index (χ0) is 19.0. The van der Waals surface area contributed by atoms with Gasteiger partial charge in [-0.1, -0.05) is 36.4 Å². The van der Waals surface area contributed by atoms with Crippen LogP contribution in [-0.2, 0) is 10.0 Å². The summed E-state index contributed by atoms with van der Waals surface area (Å²) in [5, 5.41) is 4.69. The molecule has 1 fully saturated rings. The summed E-state index contributed by atoms with van der Waals surface area (Å²) >= 11 is 0. The monoisotopic (exact) mass is 383 g/mol. The third kappa shape index (κ3) is 3.38. The van der Waals surface area contributed by atoms with Crippen molar-refractivity contribution in [2.75, 3.05) is 12.8 Å². The highest BCUT2D eigenvalue weighted by Crippen LogP contribution is 2.35. The van der Waals surface area contributed by atoms with Crippen LogP contribution < -0.4 is 0 Å². The van der Waals surface area contributed by atoms with Gasteiger partial charge in [0.15, 0.2) is 17.5 Å². The highest BCUT2D eigenvalue weighted by molar-refractivity contribution is 7.88. The van der Waals surface area contributed by atoms with Gasteiger partial charge < -0.3 is 0 Å². The van der Waals surface area contributed by atoms with Gasteiger partial charge in [0, 0.05) is 18.3 Å². The van der Waals surface area contributed by atoms with Crippen LogP contribution in [0.5, 0.6) is 0 Å². The minimum Gasteiger partial charge on any atom is -0.237 e. The molecule has 0 radical (unpaired) electrons. The Morgan fingerprint density at radius 1 is 1.11 bits per heavy atom. The number of nitrogens with zero attached hydrogens (tertiary/aromatic N) is 5. The second kappa shape index (κ2) is 6.86. The first kappa shape index (κ1) is 17.8. The molecule has 1 unspecified atom stereocenters. The van der Waals surface area contributed by atoms with Crippen molar-refractivity contribution >= 4 is 10.0 Å². The highest BCUT2D eigenvalue weighted by Gasteiger charge is 2.36. The fourth-order valence-electron chi connectivity index (χ4n) is 3.50. The molecule has 1 aliphatic rings. The van der Waals surface area contributed by atoms with Crippen molar-refractivity contribution in [3.05, 3.63) is 60.0 Å². The van der Waals surface area contributed by atoms with Crippen LogP contribution in [0.2, 0.25) is 0 Å². The van der Waals surface area contributed by atoms with Gasteiger partial charge in [-0.25, -0.2) is 18.4 Å². The van der Waals surface area contributed by atoms with Gasteiger partial charge in [-0.3, -0.25) is 0 Å². The molecule has 27 heavy (non-hydrogen) atoms. The van der Waals surface area contributed by atoms with Crippen LogP contribution in [0.15, 0.2) is 48.7 Å². The maximum atomic E-state index is 12.3. The van der Waals surface area contributed by atoms with Crippen molar-refractivity contribution in [3.8, 4) is 17.2 Å².